The summed E-state index contributed by atoms with van der Waals surface area (Å²) in [6.45, 7) is 0. The van der Waals surface area contributed by atoms with Gasteiger partial charge in [0.05, 0.1) is 12.1 Å². The Morgan fingerprint density at radius 3 is 2.73 bits per heavy atom. The fourth-order valence-corrected chi connectivity index (χ4v) is 1.85. The third-order valence-corrected chi connectivity index (χ3v) is 2.40. The molecular weight excluding hydrogens is 138 g/mol. The normalized spacial score (nSPS) is 38.7. The zero-order valence-electron chi connectivity index (χ0n) is 5.94. The second-order valence-corrected chi connectivity index (χ2v) is 2.93. The van der Waals surface area contributed by atoms with Crippen LogP contribution in [0.15, 0.2) is 12.2 Å². The van der Waals surface area contributed by atoms with Crippen molar-refractivity contribution in [3.8, 4) is 12.3 Å². The number of fused-ring (bicyclic) bond motifs is 2. The van der Waals surface area contributed by atoms with Crippen LogP contribution in [-0.2, 0) is 0 Å². The first-order valence-corrected chi connectivity index (χ1v) is 3.63. The minimum absolute atomic E-state index is 0.199. The Balaban J connectivity index is 2.32. The predicted molar refractivity (Wildman–Crippen MR) is 37.9 cm³/mol. The molecular formula is C8H7N3. The molecule has 2 rings (SSSR count). The number of nitriles is 2. The first-order chi connectivity index (χ1) is 5.36. The highest BCUT2D eigenvalue weighted by molar-refractivity contribution is 5.24. The summed E-state index contributed by atoms with van der Waals surface area (Å²) in [5.41, 5.74) is 0. The topological polar surface area (TPSA) is 50.8 Å². The van der Waals surface area contributed by atoms with Crippen LogP contribution in [0.2, 0.25) is 0 Å². The van der Waals surface area contributed by atoms with Gasteiger partial charge in [-0.25, -0.2) is 0 Å². The zero-order chi connectivity index (χ0) is 7.84. The Morgan fingerprint density at radius 1 is 1.36 bits per heavy atom. The van der Waals surface area contributed by atoms with Crippen LogP contribution in [0.1, 0.15) is 6.42 Å². The molecule has 54 valence electrons. The molecule has 1 saturated heterocycles. The Hall–Kier alpha value is -1.48. The van der Waals surface area contributed by atoms with Crippen LogP contribution in [0, 0.1) is 28.7 Å². The van der Waals surface area contributed by atoms with E-state index in [0.29, 0.717) is 5.92 Å². The molecule has 3 atom stereocenters. The highest BCUT2D eigenvalue weighted by atomic mass is 15.2. The maximum atomic E-state index is 8.71. The summed E-state index contributed by atoms with van der Waals surface area (Å²) < 4.78 is 0. The molecule has 1 fully saturated rings. The van der Waals surface area contributed by atoms with E-state index in [1.165, 1.54) is 0 Å². The fourth-order valence-electron chi connectivity index (χ4n) is 1.85. The lowest BCUT2D eigenvalue weighted by Gasteiger charge is -2.20. The Kier molecular flexibility index (Phi) is 1.14. The van der Waals surface area contributed by atoms with E-state index in [1.54, 1.807) is 4.90 Å². The lowest BCUT2D eigenvalue weighted by atomic mass is 10.0. The van der Waals surface area contributed by atoms with E-state index in [1.807, 2.05) is 12.2 Å². The first-order valence-electron chi connectivity index (χ1n) is 3.63. The Morgan fingerprint density at radius 2 is 2.18 bits per heavy atom. The van der Waals surface area contributed by atoms with E-state index in [-0.39, 0.29) is 12.1 Å². The maximum absolute atomic E-state index is 8.71. The lowest BCUT2D eigenvalue weighted by Crippen LogP contribution is -2.33. The minimum Gasteiger partial charge on any atom is -0.286 e. The van der Waals surface area contributed by atoms with Crippen molar-refractivity contribution in [2.75, 3.05) is 0 Å². The Bertz CT molecular complexity index is 253. The van der Waals surface area contributed by atoms with E-state index in [2.05, 4.69) is 12.3 Å². The van der Waals surface area contributed by atoms with Crippen molar-refractivity contribution < 1.29 is 0 Å². The van der Waals surface area contributed by atoms with Gasteiger partial charge >= 0.3 is 0 Å². The van der Waals surface area contributed by atoms with Crippen LogP contribution < -0.4 is 0 Å². The van der Waals surface area contributed by atoms with Crippen molar-refractivity contribution in [1.82, 2.24) is 4.90 Å². The molecule has 0 amide bonds. The first kappa shape index (κ1) is 6.24. The monoisotopic (exact) mass is 145 g/mol. The molecule has 0 aromatic heterocycles. The molecule has 0 radical (unpaired) electrons. The summed E-state index contributed by atoms with van der Waals surface area (Å²) in [6.07, 6.45) is 7.07. The zero-order valence-corrected chi connectivity index (χ0v) is 5.94. The third kappa shape index (κ3) is 0.655. The molecule has 1 heterocycles. The second kappa shape index (κ2) is 2.00. The standard InChI is InChI=1S/C8H7N3/c9-4-8-6-1-2-7(3-6)11(8)5-10/h1-2,6-8H,3H2. The number of rotatable bonds is 0. The van der Waals surface area contributed by atoms with Crippen LogP contribution in [0.3, 0.4) is 0 Å². The smallest absolute Gasteiger partial charge is 0.181 e. The van der Waals surface area contributed by atoms with Crippen LogP contribution in [0.4, 0.5) is 0 Å². The maximum Gasteiger partial charge on any atom is 0.181 e. The molecule has 0 aromatic carbocycles. The molecule has 0 spiro atoms. The quantitative estimate of drug-likeness (QED) is 0.371. The Labute approximate surface area is 65.1 Å². The summed E-state index contributed by atoms with van der Waals surface area (Å²) in [7, 11) is 0. The van der Waals surface area contributed by atoms with Crippen molar-refractivity contribution in [3.63, 3.8) is 0 Å². The van der Waals surface area contributed by atoms with Gasteiger partial charge in [-0.05, 0) is 6.42 Å². The summed E-state index contributed by atoms with van der Waals surface area (Å²) in [4.78, 5) is 1.59. The van der Waals surface area contributed by atoms with Gasteiger partial charge in [0, 0.05) is 5.92 Å². The van der Waals surface area contributed by atoms with Crippen LogP contribution in [-0.4, -0.2) is 17.0 Å². The van der Waals surface area contributed by atoms with E-state index >= 15 is 0 Å². The van der Waals surface area contributed by atoms with Crippen LogP contribution >= 0.6 is 0 Å². The molecule has 0 saturated carbocycles. The second-order valence-electron chi connectivity index (χ2n) is 2.93. The van der Waals surface area contributed by atoms with Gasteiger partial charge in [-0.15, -0.1) is 0 Å². The van der Waals surface area contributed by atoms with Crippen molar-refractivity contribution in [2.24, 2.45) is 5.92 Å². The molecule has 11 heavy (non-hydrogen) atoms. The number of nitrogens with zero attached hydrogens (tertiary/aromatic N) is 3. The molecule has 1 aliphatic carbocycles. The van der Waals surface area contributed by atoms with Gasteiger partial charge in [-0.2, -0.15) is 10.5 Å². The molecule has 0 aromatic rings. The van der Waals surface area contributed by atoms with E-state index in [4.69, 9.17) is 10.5 Å². The SMILES string of the molecule is N#CC1C2C=CC(C2)N1C#N. The average molecular weight is 145 g/mol. The summed E-state index contributed by atoms with van der Waals surface area (Å²) in [5, 5.41) is 17.4. The van der Waals surface area contributed by atoms with E-state index < -0.39 is 0 Å². The van der Waals surface area contributed by atoms with Gasteiger partial charge < -0.3 is 0 Å². The molecule has 3 heteroatoms. The molecule has 2 aliphatic rings. The third-order valence-electron chi connectivity index (χ3n) is 2.40. The van der Waals surface area contributed by atoms with Crippen molar-refractivity contribution >= 4 is 0 Å². The van der Waals surface area contributed by atoms with Gasteiger partial charge in [0.1, 0.15) is 6.04 Å². The fraction of sp³-hybridized carbons (Fsp3) is 0.500. The van der Waals surface area contributed by atoms with Gasteiger partial charge in [-0.3, -0.25) is 4.90 Å². The largest absolute Gasteiger partial charge is 0.286 e. The van der Waals surface area contributed by atoms with Gasteiger partial charge in [-0.1, -0.05) is 12.2 Å². The van der Waals surface area contributed by atoms with Gasteiger partial charge in [0.2, 0.25) is 0 Å². The summed E-state index contributed by atoms with van der Waals surface area (Å²) in [6, 6.07) is 2.15. The summed E-state index contributed by atoms with van der Waals surface area (Å²) in [5.74, 6) is 0.296. The van der Waals surface area contributed by atoms with E-state index in [9.17, 15) is 0 Å². The number of likely N-dealkylation sites (tertiary alicyclic amines) is 1. The summed E-state index contributed by atoms with van der Waals surface area (Å²) >= 11 is 0. The number of hydrogen-bond acceptors (Lipinski definition) is 3. The molecule has 2 bridgehead atoms. The van der Waals surface area contributed by atoms with Crippen LogP contribution in [0.5, 0.6) is 0 Å². The van der Waals surface area contributed by atoms with Crippen molar-refractivity contribution in [1.29, 1.82) is 10.5 Å². The average Bonchev–Trinajstić information content (AvgIpc) is 2.60. The molecule has 1 aliphatic heterocycles. The van der Waals surface area contributed by atoms with Crippen molar-refractivity contribution in [2.45, 2.75) is 18.5 Å². The van der Waals surface area contributed by atoms with Crippen LogP contribution in [0.25, 0.3) is 0 Å². The van der Waals surface area contributed by atoms with E-state index in [0.717, 1.165) is 6.42 Å². The molecule has 3 nitrogen and oxygen atoms in total. The van der Waals surface area contributed by atoms with Gasteiger partial charge in [0.25, 0.3) is 0 Å². The van der Waals surface area contributed by atoms with Gasteiger partial charge in [0.15, 0.2) is 6.19 Å². The molecule has 0 N–H and O–H groups in total. The predicted octanol–water partition coefficient (Wildman–Crippen LogP) is 0.620. The number of hydrogen-bond donors (Lipinski definition) is 0. The molecule has 3 unspecified atom stereocenters. The van der Waals surface area contributed by atoms with Crippen molar-refractivity contribution in [3.05, 3.63) is 12.2 Å². The highest BCUT2D eigenvalue weighted by Crippen LogP contribution is 2.35. The minimum atomic E-state index is -0.199. The highest BCUT2D eigenvalue weighted by Gasteiger charge is 2.42. The lowest BCUT2D eigenvalue weighted by molar-refractivity contribution is 0.349.